The summed E-state index contributed by atoms with van der Waals surface area (Å²) in [5.41, 5.74) is 0. The fraction of sp³-hybridized carbons (Fsp3) is 0.286. The topological polar surface area (TPSA) is 88.2 Å². The third kappa shape index (κ3) is 2.88. The van der Waals surface area contributed by atoms with Crippen molar-refractivity contribution in [2.75, 3.05) is 6.54 Å². The molecule has 110 valence electrons. The number of piperidine rings is 1. The van der Waals surface area contributed by atoms with Crippen LogP contribution in [0.15, 0.2) is 41.6 Å². The van der Waals surface area contributed by atoms with E-state index >= 15 is 0 Å². The van der Waals surface area contributed by atoms with E-state index in [1.807, 2.05) is 6.07 Å². The Balaban J connectivity index is 1.92. The summed E-state index contributed by atoms with van der Waals surface area (Å²) < 4.78 is 27.8. The summed E-state index contributed by atoms with van der Waals surface area (Å²) in [6.45, 7) is 0.324. The zero-order valence-corrected chi connectivity index (χ0v) is 12.1. The second-order valence-electron chi connectivity index (χ2n) is 5.01. The monoisotopic (exact) mass is 305 g/mol. The summed E-state index contributed by atoms with van der Waals surface area (Å²) in [5.74, 6) is -0.0401. The number of aromatic nitrogens is 1. The number of hydrogen-bond acceptors (Lipinski definition) is 4. The Kier molecular flexibility index (Phi) is 3.60. The molecule has 1 fully saturated rings. The molecule has 0 saturated carbocycles. The fourth-order valence-electron chi connectivity index (χ4n) is 2.44. The third-order valence-corrected chi connectivity index (χ3v) is 5.10. The quantitative estimate of drug-likeness (QED) is 0.877. The van der Waals surface area contributed by atoms with E-state index < -0.39 is 10.0 Å². The highest BCUT2D eigenvalue weighted by molar-refractivity contribution is 7.89. The first-order valence-electron chi connectivity index (χ1n) is 6.68. The Labute approximate surface area is 122 Å². The first kappa shape index (κ1) is 14.0. The normalized spacial score (nSPS) is 19.4. The molecule has 0 aliphatic carbocycles. The van der Waals surface area contributed by atoms with Crippen LogP contribution in [0.4, 0.5) is 0 Å². The molecule has 0 bridgehead atoms. The van der Waals surface area contributed by atoms with Crippen molar-refractivity contribution in [1.82, 2.24) is 15.0 Å². The predicted octanol–water partition coefficient (Wildman–Crippen LogP) is 0.792. The molecule has 1 atom stereocenters. The summed E-state index contributed by atoms with van der Waals surface area (Å²) in [6, 6.07) is 6.51. The lowest BCUT2D eigenvalue weighted by Crippen LogP contribution is -2.47. The summed E-state index contributed by atoms with van der Waals surface area (Å²) in [7, 11) is -3.63. The largest absolute Gasteiger partial charge is 0.355 e. The second kappa shape index (κ2) is 5.42. The van der Waals surface area contributed by atoms with E-state index in [9.17, 15) is 13.2 Å². The van der Waals surface area contributed by atoms with Crippen LogP contribution in [0.3, 0.4) is 0 Å². The molecule has 1 unspecified atom stereocenters. The molecule has 21 heavy (non-hydrogen) atoms. The molecule has 7 heteroatoms. The molecule has 1 amide bonds. The first-order valence-corrected chi connectivity index (χ1v) is 8.16. The van der Waals surface area contributed by atoms with Crippen molar-refractivity contribution in [2.24, 2.45) is 0 Å². The summed E-state index contributed by atoms with van der Waals surface area (Å²) in [6.07, 6.45) is 4.06. The minimum atomic E-state index is -3.63. The van der Waals surface area contributed by atoms with Crippen LogP contribution >= 0.6 is 0 Å². The number of carbonyl (C=O) groups excluding carboxylic acids is 1. The molecule has 1 aliphatic heterocycles. The molecule has 1 aliphatic rings. The molecule has 1 aromatic carbocycles. The average Bonchev–Trinajstić information content (AvgIpc) is 2.49. The SMILES string of the molecule is O=C1CCC(NS(=O)(=O)c2cccc3cnccc23)CN1. The van der Waals surface area contributed by atoms with Crippen molar-refractivity contribution in [1.29, 1.82) is 0 Å². The number of amides is 1. The van der Waals surface area contributed by atoms with E-state index in [1.54, 1.807) is 30.6 Å². The van der Waals surface area contributed by atoms with Crippen LogP contribution in [-0.2, 0) is 14.8 Å². The zero-order valence-electron chi connectivity index (χ0n) is 11.2. The standard InChI is InChI=1S/C14H15N3O3S/c18-14-5-4-11(9-16-14)17-21(19,20)13-3-1-2-10-8-15-7-6-12(10)13/h1-3,6-8,11,17H,4-5,9H2,(H,16,18). The molecule has 1 saturated heterocycles. The van der Waals surface area contributed by atoms with Crippen LogP contribution in [0, 0.1) is 0 Å². The smallest absolute Gasteiger partial charge is 0.241 e. The lowest BCUT2D eigenvalue weighted by molar-refractivity contribution is -0.122. The Hall–Kier alpha value is -1.99. The van der Waals surface area contributed by atoms with Gasteiger partial charge in [-0.05, 0) is 18.6 Å². The van der Waals surface area contributed by atoms with Crippen molar-refractivity contribution in [2.45, 2.75) is 23.8 Å². The molecular weight excluding hydrogens is 290 g/mol. The van der Waals surface area contributed by atoms with Gasteiger partial charge in [-0.15, -0.1) is 0 Å². The summed E-state index contributed by atoms with van der Waals surface area (Å²) in [5, 5.41) is 4.08. The van der Waals surface area contributed by atoms with Crippen LogP contribution in [-0.4, -0.2) is 31.9 Å². The highest BCUT2D eigenvalue weighted by Gasteiger charge is 2.25. The molecule has 3 rings (SSSR count). The van der Waals surface area contributed by atoms with Gasteiger partial charge in [0.1, 0.15) is 0 Å². The van der Waals surface area contributed by atoms with Gasteiger partial charge in [-0.1, -0.05) is 12.1 Å². The van der Waals surface area contributed by atoms with Gasteiger partial charge in [-0.3, -0.25) is 9.78 Å². The van der Waals surface area contributed by atoms with Crippen LogP contribution in [0.1, 0.15) is 12.8 Å². The van der Waals surface area contributed by atoms with Crippen LogP contribution < -0.4 is 10.0 Å². The second-order valence-corrected chi connectivity index (χ2v) is 6.70. The van der Waals surface area contributed by atoms with Gasteiger partial charge < -0.3 is 5.32 Å². The minimum Gasteiger partial charge on any atom is -0.355 e. The van der Waals surface area contributed by atoms with Gasteiger partial charge in [0, 0.05) is 42.2 Å². The number of sulfonamides is 1. The average molecular weight is 305 g/mol. The minimum absolute atomic E-state index is 0.0401. The lowest BCUT2D eigenvalue weighted by Gasteiger charge is -2.23. The van der Waals surface area contributed by atoms with Crippen LogP contribution in [0.5, 0.6) is 0 Å². The number of fused-ring (bicyclic) bond motifs is 1. The molecule has 6 nitrogen and oxygen atoms in total. The summed E-state index contributed by atoms with van der Waals surface area (Å²) in [4.78, 5) is 15.4. The Bertz CT molecular complexity index is 774. The maximum atomic E-state index is 12.6. The third-order valence-electron chi connectivity index (χ3n) is 3.52. The van der Waals surface area contributed by atoms with E-state index in [1.165, 1.54) is 0 Å². The van der Waals surface area contributed by atoms with Crippen LogP contribution in [0.2, 0.25) is 0 Å². The van der Waals surface area contributed by atoms with Gasteiger partial charge in [0.15, 0.2) is 0 Å². The number of benzene rings is 1. The number of hydrogen-bond donors (Lipinski definition) is 2. The molecule has 0 radical (unpaired) electrons. The van der Waals surface area contributed by atoms with E-state index in [2.05, 4.69) is 15.0 Å². The van der Waals surface area contributed by atoms with Crippen LogP contribution in [0.25, 0.3) is 10.8 Å². The molecule has 2 N–H and O–H groups in total. The van der Waals surface area contributed by atoms with E-state index in [0.717, 1.165) is 5.39 Å². The number of pyridine rings is 1. The molecule has 2 aromatic rings. The lowest BCUT2D eigenvalue weighted by atomic mass is 10.1. The van der Waals surface area contributed by atoms with Gasteiger partial charge in [0.2, 0.25) is 15.9 Å². The van der Waals surface area contributed by atoms with Crippen molar-refractivity contribution >= 4 is 26.7 Å². The molecular formula is C14H15N3O3S. The molecule has 0 spiro atoms. The van der Waals surface area contributed by atoms with Gasteiger partial charge in [0.25, 0.3) is 0 Å². The van der Waals surface area contributed by atoms with E-state index in [0.29, 0.717) is 24.8 Å². The number of rotatable bonds is 3. The van der Waals surface area contributed by atoms with E-state index in [-0.39, 0.29) is 16.8 Å². The van der Waals surface area contributed by atoms with Gasteiger partial charge >= 0.3 is 0 Å². The highest BCUT2D eigenvalue weighted by atomic mass is 32.2. The number of nitrogens with one attached hydrogen (secondary N) is 2. The first-order chi connectivity index (χ1) is 10.1. The predicted molar refractivity (Wildman–Crippen MR) is 78.1 cm³/mol. The van der Waals surface area contributed by atoms with Gasteiger partial charge in [-0.25, -0.2) is 13.1 Å². The van der Waals surface area contributed by atoms with Gasteiger partial charge in [0.05, 0.1) is 4.90 Å². The van der Waals surface area contributed by atoms with Crippen molar-refractivity contribution in [3.8, 4) is 0 Å². The maximum absolute atomic E-state index is 12.6. The summed E-state index contributed by atoms with van der Waals surface area (Å²) >= 11 is 0. The Morgan fingerprint density at radius 1 is 1.29 bits per heavy atom. The number of nitrogens with zero attached hydrogens (tertiary/aromatic N) is 1. The highest BCUT2D eigenvalue weighted by Crippen LogP contribution is 2.22. The number of carbonyl (C=O) groups is 1. The Morgan fingerprint density at radius 3 is 2.90 bits per heavy atom. The van der Waals surface area contributed by atoms with Gasteiger partial charge in [-0.2, -0.15) is 0 Å². The fourth-order valence-corrected chi connectivity index (χ4v) is 3.94. The van der Waals surface area contributed by atoms with Crippen molar-refractivity contribution < 1.29 is 13.2 Å². The van der Waals surface area contributed by atoms with Crippen molar-refractivity contribution in [3.05, 3.63) is 36.7 Å². The molecule has 1 aromatic heterocycles. The zero-order chi connectivity index (χ0) is 14.9. The van der Waals surface area contributed by atoms with E-state index in [4.69, 9.17) is 0 Å². The Morgan fingerprint density at radius 2 is 2.14 bits per heavy atom. The molecule has 2 heterocycles. The van der Waals surface area contributed by atoms with Crippen molar-refractivity contribution in [3.63, 3.8) is 0 Å². The maximum Gasteiger partial charge on any atom is 0.241 e.